The second-order valence-electron chi connectivity index (χ2n) is 11.8. The first kappa shape index (κ1) is 33.1. The number of piperazine rings is 1. The molecule has 2 aliphatic rings. The number of hydrogen-bond acceptors (Lipinski definition) is 9. The highest BCUT2D eigenvalue weighted by atomic mass is 32.1. The summed E-state index contributed by atoms with van der Waals surface area (Å²) in [5, 5.41) is 25.0. The standard InChI is InChI=1S/C35H38N6O6S/c1-2-15-39-20-32(44)40-29(16-24-11-13-28(14-12-24)47-22-27(43)21-42)34(45)38(18-26-9-6-10-30-33(26)37-23-48-30)19-31(40)41(39)35(46)36-17-25-7-4-3-5-8-25/h2-14,23,27,29,31,42-43H,1,15-22H2,(H,36,46)/t27?,29-,31-/m0/s1. The van der Waals surface area contributed by atoms with E-state index in [1.807, 2.05) is 48.5 Å². The van der Waals surface area contributed by atoms with E-state index in [0.29, 0.717) is 12.3 Å². The summed E-state index contributed by atoms with van der Waals surface area (Å²) in [6.45, 7) is 4.20. The molecule has 3 N–H and O–H groups in total. The van der Waals surface area contributed by atoms with Crippen molar-refractivity contribution in [2.75, 3.05) is 32.8 Å². The largest absolute Gasteiger partial charge is 0.491 e. The lowest BCUT2D eigenvalue weighted by Crippen LogP contribution is -2.76. The van der Waals surface area contributed by atoms with Gasteiger partial charge in [0, 0.05) is 26.1 Å². The predicted octanol–water partition coefficient (Wildman–Crippen LogP) is 2.76. The summed E-state index contributed by atoms with van der Waals surface area (Å²) >= 11 is 1.52. The molecule has 0 radical (unpaired) electrons. The first-order chi connectivity index (χ1) is 23.4. The van der Waals surface area contributed by atoms with Gasteiger partial charge >= 0.3 is 6.03 Å². The third kappa shape index (κ3) is 7.19. The maximum Gasteiger partial charge on any atom is 0.334 e. The van der Waals surface area contributed by atoms with E-state index in [1.54, 1.807) is 55.7 Å². The molecular weight excluding hydrogens is 632 g/mol. The minimum atomic E-state index is -0.999. The molecular formula is C35H38N6O6S. The van der Waals surface area contributed by atoms with Crippen LogP contribution in [-0.2, 0) is 29.1 Å². The number of thiazole rings is 1. The van der Waals surface area contributed by atoms with Crippen molar-refractivity contribution < 1.29 is 29.3 Å². The zero-order valence-electron chi connectivity index (χ0n) is 26.4. The predicted molar refractivity (Wildman–Crippen MR) is 180 cm³/mol. The zero-order valence-corrected chi connectivity index (χ0v) is 27.2. The van der Waals surface area contributed by atoms with Gasteiger partial charge in [-0.3, -0.25) is 9.59 Å². The van der Waals surface area contributed by atoms with Crippen LogP contribution in [0.3, 0.4) is 0 Å². The van der Waals surface area contributed by atoms with Crippen molar-refractivity contribution in [3.63, 3.8) is 0 Å². The van der Waals surface area contributed by atoms with Gasteiger partial charge in [0.1, 0.15) is 30.7 Å². The van der Waals surface area contributed by atoms with Crippen LogP contribution in [0.25, 0.3) is 10.2 Å². The van der Waals surface area contributed by atoms with E-state index in [1.165, 1.54) is 11.3 Å². The fraction of sp³-hybridized carbons (Fsp3) is 0.314. The van der Waals surface area contributed by atoms with Crippen LogP contribution in [-0.4, -0.2) is 104 Å². The van der Waals surface area contributed by atoms with Gasteiger partial charge in [-0.1, -0.05) is 60.7 Å². The van der Waals surface area contributed by atoms with Gasteiger partial charge in [-0.15, -0.1) is 17.9 Å². The molecule has 4 aromatic rings. The Labute approximate surface area is 282 Å². The van der Waals surface area contributed by atoms with Crippen LogP contribution >= 0.6 is 11.3 Å². The lowest BCUT2D eigenvalue weighted by molar-refractivity contribution is -0.189. The number of para-hydroxylation sites is 1. The topological polar surface area (TPSA) is 139 Å². The van der Waals surface area contributed by atoms with Crippen molar-refractivity contribution in [2.24, 2.45) is 0 Å². The number of aromatic nitrogens is 1. The van der Waals surface area contributed by atoms with Gasteiger partial charge in [-0.25, -0.2) is 19.8 Å². The van der Waals surface area contributed by atoms with E-state index in [-0.39, 0.29) is 57.1 Å². The fourth-order valence-corrected chi connectivity index (χ4v) is 6.89. The number of carbonyl (C=O) groups is 3. The van der Waals surface area contributed by atoms with E-state index in [4.69, 9.17) is 9.84 Å². The molecule has 48 heavy (non-hydrogen) atoms. The molecule has 6 rings (SSSR count). The molecule has 250 valence electrons. The number of rotatable bonds is 12. The molecule has 1 aromatic heterocycles. The number of nitrogens with zero attached hydrogens (tertiary/aromatic N) is 5. The number of ether oxygens (including phenoxy) is 1. The molecule has 13 heteroatoms. The summed E-state index contributed by atoms with van der Waals surface area (Å²) in [5.41, 5.74) is 5.19. The smallest absolute Gasteiger partial charge is 0.334 e. The monoisotopic (exact) mass is 670 g/mol. The first-order valence-electron chi connectivity index (χ1n) is 15.7. The van der Waals surface area contributed by atoms with Gasteiger partial charge in [-0.2, -0.15) is 0 Å². The number of fused-ring (bicyclic) bond motifs is 2. The highest BCUT2D eigenvalue weighted by molar-refractivity contribution is 7.16. The molecule has 0 spiro atoms. The lowest BCUT2D eigenvalue weighted by Gasteiger charge is -2.55. The number of carbonyl (C=O) groups excluding carboxylic acids is 3. The normalized spacial score (nSPS) is 18.9. The number of nitrogens with one attached hydrogen (secondary N) is 1. The Kier molecular flexibility index (Phi) is 10.3. The summed E-state index contributed by atoms with van der Waals surface area (Å²) in [7, 11) is 0. The van der Waals surface area contributed by atoms with Crippen LogP contribution in [0.1, 0.15) is 16.7 Å². The van der Waals surface area contributed by atoms with Crippen molar-refractivity contribution >= 4 is 39.4 Å². The lowest BCUT2D eigenvalue weighted by atomic mass is 9.98. The number of amides is 4. The highest BCUT2D eigenvalue weighted by Gasteiger charge is 2.51. The van der Waals surface area contributed by atoms with Crippen LogP contribution in [0, 0.1) is 0 Å². The molecule has 4 amide bonds. The third-order valence-corrected chi connectivity index (χ3v) is 9.27. The molecule has 0 bridgehead atoms. The van der Waals surface area contributed by atoms with E-state index >= 15 is 0 Å². The number of urea groups is 1. The van der Waals surface area contributed by atoms with Gasteiger partial charge in [0.15, 0.2) is 0 Å². The van der Waals surface area contributed by atoms with Gasteiger partial charge in [-0.05, 0) is 34.9 Å². The summed E-state index contributed by atoms with van der Waals surface area (Å²) in [6, 6.07) is 21.2. The molecule has 1 unspecified atom stereocenters. The van der Waals surface area contributed by atoms with E-state index in [9.17, 15) is 19.5 Å². The molecule has 0 saturated carbocycles. The summed E-state index contributed by atoms with van der Waals surface area (Å²) in [4.78, 5) is 50.1. The van der Waals surface area contributed by atoms with Crippen molar-refractivity contribution in [2.45, 2.75) is 37.8 Å². The Morgan fingerprint density at radius 3 is 2.62 bits per heavy atom. The van der Waals surface area contributed by atoms with Crippen molar-refractivity contribution in [3.8, 4) is 5.75 Å². The minimum absolute atomic E-state index is 0.0645. The Morgan fingerprint density at radius 1 is 1.08 bits per heavy atom. The van der Waals surface area contributed by atoms with Gasteiger partial charge < -0.3 is 30.1 Å². The van der Waals surface area contributed by atoms with Crippen LogP contribution in [0.5, 0.6) is 5.75 Å². The van der Waals surface area contributed by atoms with Gasteiger partial charge in [0.25, 0.3) is 0 Å². The van der Waals surface area contributed by atoms with Crippen LogP contribution in [0.4, 0.5) is 4.79 Å². The highest BCUT2D eigenvalue weighted by Crippen LogP contribution is 2.31. The van der Waals surface area contributed by atoms with E-state index in [2.05, 4.69) is 16.9 Å². The Balaban J connectivity index is 1.32. The van der Waals surface area contributed by atoms with Gasteiger partial charge in [0.05, 0.1) is 35.4 Å². The zero-order chi connectivity index (χ0) is 33.6. The van der Waals surface area contributed by atoms with Crippen molar-refractivity contribution in [3.05, 3.63) is 108 Å². The average Bonchev–Trinajstić information content (AvgIpc) is 3.59. The van der Waals surface area contributed by atoms with E-state index < -0.39 is 24.9 Å². The Bertz CT molecular complexity index is 1750. The second-order valence-corrected chi connectivity index (χ2v) is 12.6. The van der Waals surface area contributed by atoms with Crippen molar-refractivity contribution in [1.29, 1.82) is 0 Å². The van der Waals surface area contributed by atoms with Crippen molar-refractivity contribution in [1.82, 2.24) is 30.1 Å². The van der Waals surface area contributed by atoms with Crippen LogP contribution < -0.4 is 10.1 Å². The van der Waals surface area contributed by atoms with E-state index in [0.717, 1.165) is 26.9 Å². The number of aliphatic hydroxyl groups excluding tert-OH is 2. The second kappa shape index (κ2) is 14.9. The van der Waals surface area contributed by atoms with Gasteiger partial charge in [0.2, 0.25) is 11.8 Å². The molecule has 3 heterocycles. The number of hydrazine groups is 1. The number of hydrogen-bond donors (Lipinski definition) is 3. The molecule has 3 atom stereocenters. The fourth-order valence-electron chi connectivity index (χ4n) is 6.17. The minimum Gasteiger partial charge on any atom is -0.491 e. The summed E-state index contributed by atoms with van der Waals surface area (Å²) < 4.78 is 6.56. The molecule has 2 aliphatic heterocycles. The molecule has 2 fully saturated rings. The molecule has 12 nitrogen and oxygen atoms in total. The Hall–Kier alpha value is -4.82. The average molecular weight is 671 g/mol. The van der Waals surface area contributed by atoms with Crippen LogP contribution in [0.15, 0.2) is 91.0 Å². The Morgan fingerprint density at radius 2 is 1.88 bits per heavy atom. The maximum absolute atomic E-state index is 14.4. The number of benzene rings is 3. The maximum atomic E-state index is 14.4. The quantitative estimate of drug-likeness (QED) is 0.196. The molecule has 0 aliphatic carbocycles. The molecule has 3 aromatic carbocycles. The summed E-state index contributed by atoms with van der Waals surface area (Å²) in [6.07, 6.45) is 0.0809. The molecule has 2 saturated heterocycles. The summed E-state index contributed by atoms with van der Waals surface area (Å²) in [5.74, 6) is 0.0130. The van der Waals surface area contributed by atoms with Crippen LogP contribution in [0.2, 0.25) is 0 Å². The number of aliphatic hydroxyl groups is 2. The first-order valence-corrected chi connectivity index (χ1v) is 16.6. The third-order valence-electron chi connectivity index (χ3n) is 8.48. The SMILES string of the molecule is C=CCN1CC(=O)N2[C@@H](Cc3ccc(OCC(O)CO)cc3)C(=O)N(Cc3cccc4scnc34)C[C@@H]2N1C(=O)NCc1ccccc1.